The number of allylic oxidation sites excluding steroid dienone is 2. The predicted octanol–water partition coefficient (Wildman–Crippen LogP) is 4.47. The van der Waals surface area contributed by atoms with Gasteiger partial charge in [0.2, 0.25) is 0 Å². The van der Waals surface area contributed by atoms with Crippen molar-refractivity contribution >= 4 is 29.0 Å². The minimum Gasteiger partial charge on any atom is -0.481 e. The molecule has 0 radical (unpaired) electrons. The summed E-state index contributed by atoms with van der Waals surface area (Å²) in [4.78, 5) is 28.3. The Hall–Kier alpha value is -3.14. The van der Waals surface area contributed by atoms with Gasteiger partial charge in [-0.15, -0.1) is 0 Å². The zero-order valence-electron chi connectivity index (χ0n) is 19.4. The van der Waals surface area contributed by atoms with E-state index in [9.17, 15) is 14.7 Å². The van der Waals surface area contributed by atoms with Crippen LogP contribution in [0.15, 0.2) is 29.3 Å². The summed E-state index contributed by atoms with van der Waals surface area (Å²) in [5.41, 5.74) is 4.50. The Balaban J connectivity index is 1.58. The molecule has 1 unspecified atom stereocenters. The number of carboxylic acid groups (broad SMARTS) is 1. The summed E-state index contributed by atoms with van der Waals surface area (Å²) in [6.07, 6.45) is 8.44. The van der Waals surface area contributed by atoms with Gasteiger partial charge >= 0.3 is 5.97 Å². The van der Waals surface area contributed by atoms with Crippen LogP contribution in [0.3, 0.4) is 0 Å². The first-order valence-electron chi connectivity index (χ1n) is 11.8. The Morgan fingerprint density at radius 2 is 2.00 bits per heavy atom. The van der Waals surface area contributed by atoms with Crippen LogP contribution in [0.4, 0.5) is 5.69 Å². The van der Waals surface area contributed by atoms with Gasteiger partial charge in [-0.3, -0.25) is 14.6 Å². The second-order valence-electron chi connectivity index (χ2n) is 10.3. The minimum absolute atomic E-state index is 0.197. The van der Waals surface area contributed by atoms with Crippen molar-refractivity contribution in [3.63, 3.8) is 0 Å². The lowest BCUT2D eigenvalue weighted by Gasteiger charge is -2.30. The fourth-order valence-electron chi connectivity index (χ4n) is 5.02. The number of hydrogen-bond donors (Lipinski definition) is 3. The summed E-state index contributed by atoms with van der Waals surface area (Å²) < 4.78 is 0. The van der Waals surface area contributed by atoms with Crippen LogP contribution in [0, 0.1) is 22.7 Å². The smallest absolute Gasteiger partial charge is 0.306 e. The number of nitriles is 1. The molecule has 3 aliphatic rings. The molecule has 0 aromatic heterocycles. The van der Waals surface area contributed by atoms with Crippen molar-refractivity contribution in [1.29, 1.82) is 5.26 Å². The van der Waals surface area contributed by atoms with E-state index in [1.165, 1.54) is 11.1 Å². The largest absolute Gasteiger partial charge is 0.481 e. The van der Waals surface area contributed by atoms with Crippen LogP contribution in [0.1, 0.15) is 75.8 Å². The molecule has 1 heterocycles. The van der Waals surface area contributed by atoms with Crippen LogP contribution in [0.5, 0.6) is 0 Å². The number of aliphatic imine (C=N–C) groups is 1. The number of nitrogens with zero attached hydrogens (tertiary/aromatic N) is 2. The lowest BCUT2D eigenvalue weighted by Crippen LogP contribution is -2.37. The molecule has 33 heavy (non-hydrogen) atoms. The molecule has 0 saturated heterocycles. The zero-order chi connectivity index (χ0) is 23.6. The van der Waals surface area contributed by atoms with Gasteiger partial charge < -0.3 is 15.7 Å². The highest BCUT2D eigenvalue weighted by Gasteiger charge is 2.29. The highest BCUT2D eigenvalue weighted by atomic mass is 16.4. The molecule has 4 rings (SSSR count). The fraction of sp³-hybridized carbons (Fsp3) is 0.538. The van der Waals surface area contributed by atoms with Crippen molar-refractivity contribution < 1.29 is 14.7 Å². The average molecular weight is 449 g/mol. The van der Waals surface area contributed by atoms with Gasteiger partial charge in [0.05, 0.1) is 18.5 Å². The first-order chi connectivity index (χ1) is 15.8. The summed E-state index contributed by atoms with van der Waals surface area (Å²) in [5, 5.41) is 24.2. The van der Waals surface area contributed by atoms with E-state index < -0.39 is 12.0 Å². The van der Waals surface area contributed by atoms with Gasteiger partial charge in [0, 0.05) is 11.3 Å². The minimum atomic E-state index is -0.691. The van der Waals surface area contributed by atoms with E-state index >= 15 is 0 Å². The number of carbonyl (C=O) groups excluding carboxylic acids is 1. The van der Waals surface area contributed by atoms with Gasteiger partial charge in [-0.2, -0.15) is 5.26 Å². The van der Waals surface area contributed by atoms with Crippen LogP contribution in [-0.2, 0) is 9.59 Å². The SMILES string of the molecule is CC1(C)CC=C(c2cc(C3CCC(C(=O)O)CC3)ccc2NC(=O)C2=NCC(C#N)N2)CC1. The molecule has 7 nitrogen and oxygen atoms in total. The van der Waals surface area contributed by atoms with Crippen molar-refractivity contribution in [2.45, 2.75) is 70.8 Å². The molecule has 174 valence electrons. The van der Waals surface area contributed by atoms with Crippen LogP contribution in [0.25, 0.3) is 5.57 Å². The molecule has 3 N–H and O–H groups in total. The number of benzene rings is 1. The molecule has 1 aromatic carbocycles. The van der Waals surface area contributed by atoms with E-state index in [1.807, 2.05) is 6.07 Å². The van der Waals surface area contributed by atoms with E-state index in [0.717, 1.165) is 43.4 Å². The Morgan fingerprint density at radius 1 is 1.24 bits per heavy atom. The quantitative estimate of drug-likeness (QED) is 0.615. The van der Waals surface area contributed by atoms with E-state index in [-0.39, 0.29) is 29.6 Å². The number of amides is 1. The molecule has 1 aliphatic heterocycles. The molecular weight excluding hydrogens is 416 g/mol. The number of anilines is 1. The van der Waals surface area contributed by atoms with Crippen molar-refractivity contribution in [2.24, 2.45) is 16.3 Å². The van der Waals surface area contributed by atoms with Gasteiger partial charge in [-0.05, 0) is 79.5 Å². The molecule has 0 spiro atoms. The van der Waals surface area contributed by atoms with E-state index in [4.69, 9.17) is 5.26 Å². The fourth-order valence-corrected chi connectivity index (χ4v) is 5.02. The van der Waals surface area contributed by atoms with E-state index in [2.05, 4.69) is 53.8 Å². The Labute approximate surface area is 195 Å². The molecule has 2 aliphatic carbocycles. The molecule has 1 fully saturated rings. The predicted molar refractivity (Wildman–Crippen MR) is 128 cm³/mol. The van der Waals surface area contributed by atoms with Crippen molar-refractivity contribution in [3.8, 4) is 6.07 Å². The average Bonchev–Trinajstić information content (AvgIpc) is 3.29. The Morgan fingerprint density at radius 3 is 2.61 bits per heavy atom. The van der Waals surface area contributed by atoms with Gasteiger partial charge in [0.25, 0.3) is 5.91 Å². The summed E-state index contributed by atoms with van der Waals surface area (Å²) in [6, 6.07) is 7.83. The number of hydrogen-bond acceptors (Lipinski definition) is 5. The lowest BCUT2D eigenvalue weighted by atomic mass is 9.75. The molecule has 1 aromatic rings. The maximum absolute atomic E-state index is 12.8. The molecular formula is C26H32N4O3. The summed E-state index contributed by atoms with van der Waals surface area (Å²) in [6.45, 7) is 4.83. The summed E-state index contributed by atoms with van der Waals surface area (Å²) in [7, 11) is 0. The standard InChI is InChI=1S/C26H32N4O3/c1-26(2)11-9-17(10-12-26)21-13-19(16-3-5-18(6-4-16)25(32)33)7-8-22(21)30-24(31)23-28-15-20(14-27)29-23/h7-9,13,16,18,20H,3-6,10-12,15H2,1-2H3,(H,28,29)(H,30,31)(H,32,33). The van der Waals surface area contributed by atoms with Gasteiger partial charge in [-0.25, -0.2) is 0 Å². The summed E-state index contributed by atoms with van der Waals surface area (Å²) >= 11 is 0. The second kappa shape index (κ2) is 9.38. The zero-order valence-corrected chi connectivity index (χ0v) is 19.4. The van der Waals surface area contributed by atoms with Crippen LogP contribution in [-0.4, -0.2) is 35.4 Å². The highest BCUT2D eigenvalue weighted by molar-refractivity contribution is 6.42. The lowest BCUT2D eigenvalue weighted by molar-refractivity contribution is -0.142. The Kier molecular flexibility index (Phi) is 6.55. The number of aliphatic carboxylic acids is 1. The van der Waals surface area contributed by atoms with Crippen LogP contribution in [0.2, 0.25) is 0 Å². The van der Waals surface area contributed by atoms with Crippen LogP contribution >= 0.6 is 0 Å². The number of carboxylic acids is 1. The van der Waals surface area contributed by atoms with Crippen molar-refractivity contribution in [1.82, 2.24) is 5.32 Å². The van der Waals surface area contributed by atoms with Crippen molar-refractivity contribution in [3.05, 3.63) is 35.4 Å². The third-order valence-electron chi connectivity index (χ3n) is 7.27. The normalized spacial score (nSPS) is 26.4. The highest BCUT2D eigenvalue weighted by Crippen LogP contribution is 2.42. The van der Waals surface area contributed by atoms with Gasteiger partial charge in [0.15, 0.2) is 5.84 Å². The second-order valence-corrected chi connectivity index (χ2v) is 10.3. The Bertz CT molecular complexity index is 1040. The maximum atomic E-state index is 12.8. The van der Waals surface area contributed by atoms with Gasteiger partial charge in [-0.1, -0.05) is 26.0 Å². The first-order valence-corrected chi connectivity index (χ1v) is 11.8. The molecule has 7 heteroatoms. The van der Waals surface area contributed by atoms with Crippen molar-refractivity contribution in [2.75, 3.05) is 11.9 Å². The maximum Gasteiger partial charge on any atom is 0.306 e. The van der Waals surface area contributed by atoms with E-state index in [0.29, 0.717) is 18.8 Å². The van der Waals surface area contributed by atoms with Gasteiger partial charge in [0.1, 0.15) is 6.04 Å². The summed E-state index contributed by atoms with van der Waals surface area (Å²) in [5.74, 6) is -0.728. The number of amidine groups is 1. The third kappa shape index (κ3) is 5.27. The molecule has 1 amide bonds. The molecule has 1 atom stereocenters. The monoisotopic (exact) mass is 448 g/mol. The van der Waals surface area contributed by atoms with Crippen LogP contribution < -0.4 is 10.6 Å². The molecule has 1 saturated carbocycles. The topological polar surface area (TPSA) is 115 Å². The number of carbonyl (C=O) groups is 2. The molecule has 0 bridgehead atoms. The van der Waals surface area contributed by atoms with E-state index in [1.54, 1.807) is 0 Å². The first kappa shape index (κ1) is 23.0. The number of nitrogens with one attached hydrogen (secondary N) is 2. The number of rotatable bonds is 5. The third-order valence-corrected chi connectivity index (χ3v) is 7.27.